The van der Waals surface area contributed by atoms with Crippen molar-refractivity contribution in [2.75, 3.05) is 5.75 Å². The molecule has 0 radical (unpaired) electrons. The zero-order valence-corrected chi connectivity index (χ0v) is 10.1. The molecule has 3 atom stereocenters. The second kappa shape index (κ2) is 4.68. The minimum Gasteiger partial charge on any atom is -0.480 e. The Balaban J connectivity index is 2.22. The van der Waals surface area contributed by atoms with Crippen LogP contribution < -0.4 is 0 Å². The Bertz CT molecular complexity index is 397. The van der Waals surface area contributed by atoms with E-state index in [9.17, 15) is 13.9 Å². The summed E-state index contributed by atoms with van der Waals surface area (Å²) in [6.45, 7) is 0. The third-order valence-electron chi connectivity index (χ3n) is 3.18. The molecule has 0 fully saturated rings. The fourth-order valence-corrected chi connectivity index (χ4v) is 4.13. The van der Waals surface area contributed by atoms with Gasteiger partial charge in [0.25, 0.3) is 0 Å². The highest BCUT2D eigenvalue weighted by Gasteiger charge is 2.37. The second-order valence-electron chi connectivity index (χ2n) is 4.39. The number of hydrogen-bond donors (Lipinski definition) is 3. The molecular formula is C12H16O4S. The highest BCUT2D eigenvalue weighted by atomic mass is 32.3. The van der Waals surface area contributed by atoms with Gasteiger partial charge in [0.05, 0.1) is 5.25 Å². The summed E-state index contributed by atoms with van der Waals surface area (Å²) in [4.78, 5) is 10.7. The number of rotatable bonds is 3. The molecule has 0 spiro atoms. The van der Waals surface area contributed by atoms with Gasteiger partial charge in [0.1, 0.15) is 5.75 Å². The summed E-state index contributed by atoms with van der Waals surface area (Å²) in [5.41, 5.74) is 0. The van der Waals surface area contributed by atoms with Gasteiger partial charge in [0.2, 0.25) is 0 Å². The van der Waals surface area contributed by atoms with Crippen molar-refractivity contribution in [3.05, 3.63) is 36.5 Å². The highest BCUT2D eigenvalue weighted by molar-refractivity contribution is 8.25. The number of carbonyl (C=O) groups is 1. The minimum absolute atomic E-state index is 0.00523. The van der Waals surface area contributed by atoms with Crippen molar-refractivity contribution in [3.8, 4) is 0 Å². The molecule has 0 saturated heterocycles. The molecule has 2 aliphatic rings. The highest BCUT2D eigenvalue weighted by Crippen LogP contribution is 2.52. The smallest absolute Gasteiger partial charge is 0.322 e. The topological polar surface area (TPSA) is 77.8 Å². The van der Waals surface area contributed by atoms with Crippen LogP contribution in [0.2, 0.25) is 0 Å². The Morgan fingerprint density at radius 2 is 1.94 bits per heavy atom. The van der Waals surface area contributed by atoms with Crippen LogP contribution in [-0.4, -0.2) is 31.2 Å². The van der Waals surface area contributed by atoms with Gasteiger partial charge in [-0.05, 0) is 12.3 Å². The van der Waals surface area contributed by atoms with E-state index in [0.717, 1.165) is 6.42 Å². The molecule has 5 heteroatoms. The molecule has 0 heterocycles. The van der Waals surface area contributed by atoms with Crippen LogP contribution in [0.5, 0.6) is 0 Å². The van der Waals surface area contributed by atoms with Crippen LogP contribution in [0.1, 0.15) is 6.42 Å². The Morgan fingerprint density at radius 1 is 1.24 bits per heavy atom. The SMILES string of the molecule is O=C(O)CS(O)(O)C1C=CCC2C=CC=CC21. The maximum Gasteiger partial charge on any atom is 0.322 e. The first-order valence-corrected chi connectivity index (χ1v) is 7.27. The van der Waals surface area contributed by atoms with E-state index in [1.54, 1.807) is 6.08 Å². The van der Waals surface area contributed by atoms with Gasteiger partial charge in [-0.3, -0.25) is 13.9 Å². The van der Waals surface area contributed by atoms with Crippen LogP contribution in [0, 0.1) is 11.8 Å². The Kier molecular flexibility index (Phi) is 3.42. The van der Waals surface area contributed by atoms with E-state index in [0.29, 0.717) is 0 Å². The predicted octanol–water partition coefficient (Wildman–Crippen LogP) is 2.51. The van der Waals surface area contributed by atoms with Crippen LogP contribution >= 0.6 is 10.6 Å². The van der Waals surface area contributed by atoms with E-state index in [4.69, 9.17) is 5.11 Å². The first-order valence-electron chi connectivity index (χ1n) is 5.49. The third-order valence-corrected chi connectivity index (χ3v) is 5.20. The van der Waals surface area contributed by atoms with E-state index < -0.39 is 27.6 Å². The molecule has 0 bridgehead atoms. The van der Waals surface area contributed by atoms with Gasteiger partial charge in [-0.15, -0.1) is 0 Å². The maximum absolute atomic E-state index is 10.7. The minimum atomic E-state index is -3.12. The summed E-state index contributed by atoms with van der Waals surface area (Å²) >= 11 is 0. The monoisotopic (exact) mass is 256 g/mol. The molecule has 17 heavy (non-hydrogen) atoms. The van der Waals surface area contributed by atoms with E-state index in [-0.39, 0.29) is 11.8 Å². The molecule has 0 aliphatic heterocycles. The van der Waals surface area contributed by atoms with E-state index in [1.165, 1.54) is 0 Å². The average Bonchev–Trinajstić information content (AvgIpc) is 2.26. The Labute approximate surface area is 102 Å². The lowest BCUT2D eigenvalue weighted by atomic mass is 9.80. The number of fused-ring (bicyclic) bond motifs is 1. The molecule has 0 aromatic heterocycles. The van der Waals surface area contributed by atoms with Crippen LogP contribution in [0.4, 0.5) is 0 Å². The molecule has 0 aromatic carbocycles. The van der Waals surface area contributed by atoms with Crippen molar-refractivity contribution in [1.82, 2.24) is 0 Å². The summed E-state index contributed by atoms with van der Waals surface area (Å²) in [6.07, 6.45) is 12.3. The number of aliphatic carboxylic acids is 1. The van der Waals surface area contributed by atoms with Crippen LogP contribution in [0.25, 0.3) is 0 Å². The number of hydrogen-bond acceptors (Lipinski definition) is 3. The summed E-state index contributed by atoms with van der Waals surface area (Å²) in [6, 6.07) is 0. The van der Waals surface area contributed by atoms with Gasteiger partial charge in [-0.2, -0.15) is 10.6 Å². The van der Waals surface area contributed by atoms with Crippen molar-refractivity contribution in [3.63, 3.8) is 0 Å². The maximum atomic E-state index is 10.7. The van der Waals surface area contributed by atoms with E-state index in [2.05, 4.69) is 0 Å². The van der Waals surface area contributed by atoms with Crippen LogP contribution in [0.3, 0.4) is 0 Å². The molecule has 0 saturated carbocycles. The standard InChI is InChI=1S/C12H16O4S/c13-12(14)8-17(15,16)11-7-3-5-9-4-1-2-6-10(9)11/h1-4,6-7,9-11,15-16H,5,8H2,(H,13,14). The zero-order valence-electron chi connectivity index (χ0n) is 9.27. The quantitative estimate of drug-likeness (QED) is 0.678. The Morgan fingerprint density at radius 3 is 2.65 bits per heavy atom. The van der Waals surface area contributed by atoms with Gasteiger partial charge in [-0.25, -0.2) is 0 Å². The number of allylic oxidation sites excluding steroid dienone is 5. The zero-order chi connectivity index (χ0) is 12.5. The van der Waals surface area contributed by atoms with Crippen molar-refractivity contribution in [1.29, 1.82) is 0 Å². The molecule has 0 aromatic rings. The molecule has 4 nitrogen and oxygen atoms in total. The van der Waals surface area contributed by atoms with E-state index in [1.807, 2.05) is 30.4 Å². The van der Waals surface area contributed by atoms with Crippen LogP contribution in [0.15, 0.2) is 36.5 Å². The van der Waals surface area contributed by atoms with Gasteiger partial charge >= 0.3 is 5.97 Å². The van der Waals surface area contributed by atoms with Crippen molar-refractivity contribution in [2.24, 2.45) is 11.8 Å². The summed E-state index contributed by atoms with van der Waals surface area (Å²) in [5.74, 6) is -1.51. The van der Waals surface area contributed by atoms with Gasteiger partial charge < -0.3 is 5.11 Å². The van der Waals surface area contributed by atoms with Gasteiger partial charge in [0, 0.05) is 5.92 Å². The fourth-order valence-electron chi connectivity index (χ4n) is 2.41. The number of carboxylic acids is 1. The van der Waals surface area contributed by atoms with E-state index >= 15 is 0 Å². The fraction of sp³-hybridized carbons (Fsp3) is 0.417. The number of carboxylic acid groups (broad SMARTS) is 1. The van der Waals surface area contributed by atoms with Crippen molar-refractivity contribution in [2.45, 2.75) is 11.7 Å². The second-order valence-corrected chi connectivity index (χ2v) is 6.66. The summed E-state index contributed by atoms with van der Waals surface area (Å²) in [5, 5.41) is 8.23. The Hall–Kier alpha value is -1.04. The lowest BCUT2D eigenvalue weighted by Gasteiger charge is -2.44. The first-order chi connectivity index (χ1) is 8.00. The summed E-state index contributed by atoms with van der Waals surface area (Å²) < 4.78 is 20.0. The lowest BCUT2D eigenvalue weighted by Crippen LogP contribution is -2.34. The lowest BCUT2D eigenvalue weighted by molar-refractivity contribution is -0.134. The molecule has 94 valence electrons. The molecule has 2 rings (SSSR count). The molecule has 2 aliphatic carbocycles. The van der Waals surface area contributed by atoms with Crippen molar-refractivity contribution < 1.29 is 19.0 Å². The average molecular weight is 256 g/mol. The molecule has 3 N–H and O–H groups in total. The molecular weight excluding hydrogens is 240 g/mol. The normalized spacial score (nSPS) is 32.2. The van der Waals surface area contributed by atoms with Crippen LogP contribution in [-0.2, 0) is 4.79 Å². The molecule has 3 unspecified atom stereocenters. The largest absolute Gasteiger partial charge is 0.480 e. The summed E-state index contributed by atoms with van der Waals surface area (Å²) in [7, 11) is -3.12. The van der Waals surface area contributed by atoms with Crippen molar-refractivity contribution >= 4 is 16.6 Å². The molecule has 0 amide bonds. The predicted molar refractivity (Wildman–Crippen MR) is 68.2 cm³/mol. The van der Waals surface area contributed by atoms with Gasteiger partial charge in [-0.1, -0.05) is 36.5 Å². The van der Waals surface area contributed by atoms with Gasteiger partial charge in [0.15, 0.2) is 0 Å². The third kappa shape index (κ3) is 2.62. The first kappa shape index (κ1) is 12.4.